The van der Waals surface area contributed by atoms with E-state index in [0.717, 1.165) is 5.56 Å². The Labute approximate surface area is 148 Å². The molecule has 0 aliphatic carbocycles. The average Bonchev–Trinajstić information content (AvgIpc) is 2.61. The third kappa shape index (κ3) is 5.89. The molecular formula is C17H15ClN2O5. The maximum Gasteiger partial charge on any atom is 0.307 e. The van der Waals surface area contributed by atoms with Crippen LogP contribution >= 0.6 is 11.6 Å². The largest absolute Gasteiger partial charge is 0.461 e. The molecule has 0 aliphatic heterocycles. The molecule has 2 aromatic rings. The van der Waals surface area contributed by atoms with Crippen LogP contribution in [0.1, 0.15) is 22.3 Å². The van der Waals surface area contributed by atoms with Crippen LogP contribution < -0.4 is 5.32 Å². The molecule has 0 unspecified atom stereocenters. The van der Waals surface area contributed by atoms with E-state index < -0.39 is 16.8 Å². The van der Waals surface area contributed by atoms with Crippen LogP contribution in [0.5, 0.6) is 0 Å². The second-order valence-corrected chi connectivity index (χ2v) is 5.53. The number of carbonyl (C=O) groups excluding carboxylic acids is 2. The second-order valence-electron chi connectivity index (χ2n) is 5.10. The Morgan fingerprint density at radius 1 is 1.08 bits per heavy atom. The van der Waals surface area contributed by atoms with E-state index in [1.165, 1.54) is 24.3 Å². The summed E-state index contributed by atoms with van der Waals surface area (Å²) in [4.78, 5) is 33.5. The van der Waals surface area contributed by atoms with Crippen molar-refractivity contribution in [2.45, 2.75) is 13.0 Å². The summed E-state index contributed by atoms with van der Waals surface area (Å²) in [7, 11) is 0. The Balaban J connectivity index is 1.72. The van der Waals surface area contributed by atoms with Gasteiger partial charge in [0, 0.05) is 29.3 Å². The van der Waals surface area contributed by atoms with Crippen molar-refractivity contribution in [3.63, 3.8) is 0 Å². The fourth-order valence-electron chi connectivity index (χ4n) is 1.93. The number of nitro groups is 1. The van der Waals surface area contributed by atoms with Gasteiger partial charge in [0.25, 0.3) is 11.6 Å². The number of amides is 1. The van der Waals surface area contributed by atoms with E-state index in [-0.39, 0.29) is 30.8 Å². The first-order valence-electron chi connectivity index (χ1n) is 7.38. The normalized spacial score (nSPS) is 10.1. The number of benzene rings is 2. The molecule has 8 heteroatoms. The topological polar surface area (TPSA) is 98.5 Å². The van der Waals surface area contributed by atoms with Crippen LogP contribution in [0.4, 0.5) is 5.69 Å². The van der Waals surface area contributed by atoms with Crippen LogP contribution in [-0.2, 0) is 16.1 Å². The molecule has 0 radical (unpaired) electrons. The van der Waals surface area contributed by atoms with Gasteiger partial charge < -0.3 is 10.1 Å². The van der Waals surface area contributed by atoms with Gasteiger partial charge in [0.2, 0.25) is 0 Å². The molecule has 0 spiro atoms. The zero-order chi connectivity index (χ0) is 18.2. The van der Waals surface area contributed by atoms with Crippen molar-refractivity contribution in [2.24, 2.45) is 0 Å². The summed E-state index contributed by atoms with van der Waals surface area (Å²) in [5.41, 5.74) is 0.995. The highest BCUT2D eigenvalue weighted by Crippen LogP contribution is 2.12. The smallest absolute Gasteiger partial charge is 0.307 e. The molecule has 0 atom stereocenters. The maximum atomic E-state index is 11.9. The van der Waals surface area contributed by atoms with Gasteiger partial charge in [0.05, 0.1) is 11.3 Å². The number of rotatable bonds is 7. The van der Waals surface area contributed by atoms with Gasteiger partial charge in [0.1, 0.15) is 6.61 Å². The second kappa shape index (κ2) is 8.79. The number of nitro benzene ring substituents is 1. The number of non-ortho nitro benzene ring substituents is 1. The minimum absolute atomic E-state index is 0.0201. The molecule has 7 nitrogen and oxygen atoms in total. The SMILES string of the molecule is O=C(CCNC(=O)c1ccc([N+](=O)[O-])cc1)OCc1ccc(Cl)cc1. The lowest BCUT2D eigenvalue weighted by Crippen LogP contribution is -2.26. The minimum Gasteiger partial charge on any atom is -0.461 e. The Kier molecular flexibility index (Phi) is 6.47. The zero-order valence-electron chi connectivity index (χ0n) is 13.1. The van der Waals surface area contributed by atoms with Crippen molar-refractivity contribution in [2.75, 3.05) is 6.54 Å². The summed E-state index contributed by atoms with van der Waals surface area (Å²) in [5.74, 6) is -0.862. The highest BCUT2D eigenvalue weighted by molar-refractivity contribution is 6.30. The van der Waals surface area contributed by atoms with Gasteiger partial charge in [-0.1, -0.05) is 23.7 Å². The quantitative estimate of drug-likeness (QED) is 0.463. The third-order valence-electron chi connectivity index (χ3n) is 3.27. The molecule has 130 valence electrons. The lowest BCUT2D eigenvalue weighted by Gasteiger charge is -2.07. The highest BCUT2D eigenvalue weighted by atomic mass is 35.5. The standard InChI is InChI=1S/C17H15ClN2O5/c18-14-5-1-12(2-6-14)11-25-16(21)9-10-19-17(22)13-3-7-15(8-4-13)20(23)24/h1-8H,9-11H2,(H,19,22). The molecule has 25 heavy (non-hydrogen) atoms. The summed E-state index contributed by atoms with van der Waals surface area (Å²) in [6.07, 6.45) is 0.0201. The average molecular weight is 363 g/mol. The third-order valence-corrected chi connectivity index (χ3v) is 3.52. The number of esters is 1. The van der Waals surface area contributed by atoms with Crippen LogP contribution in [0.3, 0.4) is 0 Å². The monoisotopic (exact) mass is 362 g/mol. The number of hydrogen-bond acceptors (Lipinski definition) is 5. The maximum absolute atomic E-state index is 11.9. The fourth-order valence-corrected chi connectivity index (χ4v) is 2.06. The predicted molar refractivity (Wildman–Crippen MR) is 91.3 cm³/mol. The van der Waals surface area contributed by atoms with Crippen molar-refractivity contribution in [3.8, 4) is 0 Å². The van der Waals surface area contributed by atoms with Gasteiger partial charge in [-0.25, -0.2) is 0 Å². The molecule has 2 aromatic carbocycles. The molecule has 0 fully saturated rings. The van der Waals surface area contributed by atoms with Crippen LogP contribution in [-0.4, -0.2) is 23.3 Å². The molecule has 2 rings (SSSR count). The lowest BCUT2D eigenvalue weighted by atomic mass is 10.2. The zero-order valence-corrected chi connectivity index (χ0v) is 13.9. The molecule has 0 bridgehead atoms. The first kappa shape index (κ1) is 18.4. The first-order valence-corrected chi connectivity index (χ1v) is 7.76. The van der Waals surface area contributed by atoms with Crippen LogP contribution in [0, 0.1) is 10.1 Å². The summed E-state index contributed by atoms with van der Waals surface area (Å²) in [6.45, 7) is 0.238. The predicted octanol–water partition coefficient (Wildman–Crippen LogP) is 3.11. The van der Waals surface area contributed by atoms with Crippen molar-refractivity contribution >= 4 is 29.2 Å². The molecule has 0 saturated carbocycles. The molecule has 0 heterocycles. The Morgan fingerprint density at radius 3 is 2.32 bits per heavy atom. The van der Waals surface area contributed by atoms with E-state index >= 15 is 0 Å². The molecule has 0 aliphatic rings. The molecule has 1 amide bonds. The van der Waals surface area contributed by atoms with Gasteiger partial charge in [-0.3, -0.25) is 19.7 Å². The summed E-state index contributed by atoms with van der Waals surface area (Å²) in [5, 5.41) is 13.7. The van der Waals surface area contributed by atoms with Gasteiger partial charge in [-0.15, -0.1) is 0 Å². The van der Waals surface area contributed by atoms with Crippen LogP contribution in [0.15, 0.2) is 48.5 Å². The van der Waals surface area contributed by atoms with Crippen molar-refractivity contribution in [3.05, 3.63) is 74.8 Å². The Bertz CT molecular complexity index is 760. The van der Waals surface area contributed by atoms with E-state index in [0.29, 0.717) is 5.02 Å². The van der Waals surface area contributed by atoms with Gasteiger partial charge in [-0.05, 0) is 29.8 Å². The lowest BCUT2D eigenvalue weighted by molar-refractivity contribution is -0.384. The van der Waals surface area contributed by atoms with Crippen molar-refractivity contribution in [1.29, 1.82) is 0 Å². The number of hydrogen-bond donors (Lipinski definition) is 1. The van der Waals surface area contributed by atoms with Crippen molar-refractivity contribution < 1.29 is 19.2 Å². The number of carbonyl (C=O) groups is 2. The number of nitrogens with one attached hydrogen (secondary N) is 1. The fraction of sp³-hybridized carbons (Fsp3) is 0.176. The van der Waals surface area contributed by atoms with Gasteiger partial charge >= 0.3 is 5.97 Å². The first-order chi connectivity index (χ1) is 12.0. The summed E-state index contributed by atoms with van der Waals surface area (Å²) < 4.78 is 5.09. The molecule has 1 N–H and O–H groups in total. The minimum atomic E-state index is -0.543. The van der Waals surface area contributed by atoms with Gasteiger partial charge in [-0.2, -0.15) is 0 Å². The van der Waals surface area contributed by atoms with Crippen LogP contribution in [0.2, 0.25) is 5.02 Å². The Morgan fingerprint density at radius 2 is 1.72 bits per heavy atom. The number of nitrogens with zero attached hydrogens (tertiary/aromatic N) is 1. The van der Waals surface area contributed by atoms with E-state index in [1.807, 2.05) is 0 Å². The van der Waals surface area contributed by atoms with Crippen molar-refractivity contribution in [1.82, 2.24) is 5.32 Å². The molecule has 0 saturated heterocycles. The van der Waals surface area contributed by atoms with E-state index in [4.69, 9.17) is 16.3 Å². The van der Waals surface area contributed by atoms with Crippen LogP contribution in [0.25, 0.3) is 0 Å². The summed E-state index contributed by atoms with van der Waals surface area (Å²) in [6, 6.07) is 12.1. The number of halogens is 1. The Hall–Kier alpha value is -2.93. The highest BCUT2D eigenvalue weighted by Gasteiger charge is 2.10. The number of ether oxygens (including phenoxy) is 1. The molecule has 0 aromatic heterocycles. The van der Waals surface area contributed by atoms with E-state index in [2.05, 4.69) is 5.32 Å². The van der Waals surface area contributed by atoms with E-state index in [9.17, 15) is 19.7 Å². The van der Waals surface area contributed by atoms with E-state index in [1.54, 1.807) is 24.3 Å². The summed E-state index contributed by atoms with van der Waals surface area (Å²) >= 11 is 5.77. The van der Waals surface area contributed by atoms with Gasteiger partial charge in [0.15, 0.2) is 0 Å². The molecular weight excluding hydrogens is 348 g/mol.